The van der Waals surface area contributed by atoms with Crippen LogP contribution in [-0.2, 0) is 15.8 Å². The van der Waals surface area contributed by atoms with E-state index in [2.05, 4.69) is 4.72 Å². The van der Waals surface area contributed by atoms with Gasteiger partial charge in [-0.1, -0.05) is 12.1 Å². The summed E-state index contributed by atoms with van der Waals surface area (Å²) in [6.45, 7) is 0.252. The molecule has 1 fully saturated rings. The van der Waals surface area contributed by atoms with Gasteiger partial charge in [-0.25, -0.2) is 17.5 Å². The van der Waals surface area contributed by atoms with Crippen molar-refractivity contribution in [1.82, 2.24) is 4.72 Å². The van der Waals surface area contributed by atoms with E-state index < -0.39 is 15.8 Å². The highest BCUT2D eigenvalue weighted by Gasteiger charge is 2.29. The smallest absolute Gasteiger partial charge is 0.215 e. The van der Waals surface area contributed by atoms with Crippen molar-refractivity contribution in [2.24, 2.45) is 11.7 Å². The van der Waals surface area contributed by atoms with E-state index in [1.807, 2.05) is 0 Å². The van der Waals surface area contributed by atoms with Gasteiger partial charge in [0, 0.05) is 12.6 Å². The SMILES string of the molecule is NC(CNS(=O)(=O)Cc1cccc(F)c1)C1CC1. The molecule has 1 aromatic rings. The fourth-order valence-electron chi connectivity index (χ4n) is 1.81. The van der Waals surface area contributed by atoms with Gasteiger partial charge in [0.05, 0.1) is 5.75 Å². The summed E-state index contributed by atoms with van der Waals surface area (Å²) in [6.07, 6.45) is 2.15. The third-order valence-corrected chi connectivity index (χ3v) is 4.33. The lowest BCUT2D eigenvalue weighted by molar-refractivity contribution is 0.547. The van der Waals surface area contributed by atoms with Crippen LogP contribution < -0.4 is 10.5 Å². The fraction of sp³-hybridized carbons (Fsp3) is 0.500. The highest BCUT2D eigenvalue weighted by molar-refractivity contribution is 7.88. The van der Waals surface area contributed by atoms with Crippen LogP contribution in [0.3, 0.4) is 0 Å². The van der Waals surface area contributed by atoms with E-state index in [1.165, 1.54) is 18.2 Å². The molecule has 0 spiro atoms. The van der Waals surface area contributed by atoms with Crippen molar-refractivity contribution in [1.29, 1.82) is 0 Å². The van der Waals surface area contributed by atoms with Crippen LogP contribution in [-0.4, -0.2) is 21.0 Å². The van der Waals surface area contributed by atoms with Crippen molar-refractivity contribution in [3.05, 3.63) is 35.6 Å². The predicted octanol–water partition coefficient (Wildman–Crippen LogP) is 0.982. The van der Waals surface area contributed by atoms with Crippen LogP contribution in [0.1, 0.15) is 18.4 Å². The maximum Gasteiger partial charge on any atom is 0.215 e. The van der Waals surface area contributed by atoms with Gasteiger partial charge in [0.25, 0.3) is 0 Å². The van der Waals surface area contributed by atoms with Crippen molar-refractivity contribution in [3.63, 3.8) is 0 Å². The third kappa shape index (κ3) is 4.04. The molecule has 1 aliphatic rings. The van der Waals surface area contributed by atoms with E-state index >= 15 is 0 Å². The zero-order chi connectivity index (χ0) is 13.2. The maximum atomic E-state index is 12.9. The van der Waals surface area contributed by atoms with E-state index in [9.17, 15) is 12.8 Å². The molecule has 1 saturated carbocycles. The van der Waals surface area contributed by atoms with E-state index in [-0.39, 0.29) is 18.3 Å². The van der Waals surface area contributed by atoms with Crippen LogP contribution >= 0.6 is 0 Å². The predicted molar refractivity (Wildman–Crippen MR) is 67.7 cm³/mol. The molecule has 6 heteroatoms. The molecule has 0 heterocycles. The second kappa shape index (κ2) is 5.34. The van der Waals surface area contributed by atoms with Crippen LogP contribution in [0, 0.1) is 11.7 Å². The van der Waals surface area contributed by atoms with Crippen molar-refractivity contribution < 1.29 is 12.8 Å². The molecule has 3 N–H and O–H groups in total. The Bertz CT molecular complexity index is 515. The second-order valence-corrected chi connectivity index (χ2v) is 6.55. The van der Waals surface area contributed by atoms with Crippen LogP contribution in [0.2, 0.25) is 0 Å². The summed E-state index contributed by atoms with van der Waals surface area (Å²) in [4.78, 5) is 0. The minimum atomic E-state index is -3.45. The molecule has 0 bridgehead atoms. The van der Waals surface area contributed by atoms with E-state index in [1.54, 1.807) is 6.07 Å². The number of hydrogen-bond donors (Lipinski definition) is 2. The van der Waals surface area contributed by atoms with Gasteiger partial charge in [0.15, 0.2) is 0 Å². The van der Waals surface area contributed by atoms with Crippen LogP contribution in [0.25, 0.3) is 0 Å². The van der Waals surface area contributed by atoms with Crippen molar-refractivity contribution in [2.75, 3.05) is 6.54 Å². The first-order valence-corrected chi connectivity index (χ1v) is 7.59. The molecule has 1 unspecified atom stereocenters. The molecule has 0 aliphatic heterocycles. The number of hydrogen-bond acceptors (Lipinski definition) is 3. The first-order chi connectivity index (χ1) is 8.46. The van der Waals surface area contributed by atoms with Gasteiger partial charge in [-0.15, -0.1) is 0 Å². The standard InChI is InChI=1S/C12H17FN2O2S/c13-11-3-1-2-9(6-11)8-18(16,17)15-7-12(14)10-4-5-10/h1-3,6,10,12,15H,4-5,7-8,14H2. The third-order valence-electron chi connectivity index (χ3n) is 3.01. The number of nitrogens with one attached hydrogen (secondary N) is 1. The molecule has 2 rings (SSSR count). The Kier molecular flexibility index (Phi) is 3.99. The first-order valence-electron chi connectivity index (χ1n) is 5.94. The summed E-state index contributed by atoms with van der Waals surface area (Å²) >= 11 is 0. The fourth-order valence-corrected chi connectivity index (χ4v) is 2.98. The largest absolute Gasteiger partial charge is 0.326 e. The van der Waals surface area contributed by atoms with Gasteiger partial charge in [0.2, 0.25) is 10.0 Å². The Morgan fingerprint density at radius 1 is 1.44 bits per heavy atom. The van der Waals surface area contributed by atoms with Crippen LogP contribution in [0.4, 0.5) is 4.39 Å². The van der Waals surface area contributed by atoms with Crippen molar-refractivity contribution in [2.45, 2.75) is 24.6 Å². The second-order valence-electron chi connectivity index (χ2n) is 4.74. The number of benzene rings is 1. The first kappa shape index (κ1) is 13.5. The lowest BCUT2D eigenvalue weighted by atomic mass is 10.2. The topological polar surface area (TPSA) is 72.2 Å². The molecule has 100 valence electrons. The Labute approximate surface area is 106 Å². The summed E-state index contributed by atoms with van der Waals surface area (Å²) in [5, 5.41) is 0. The van der Waals surface area contributed by atoms with Crippen molar-refractivity contribution in [3.8, 4) is 0 Å². The summed E-state index contributed by atoms with van der Waals surface area (Å²) < 4.78 is 38.9. The Morgan fingerprint density at radius 3 is 2.78 bits per heavy atom. The van der Waals surface area contributed by atoms with Gasteiger partial charge in [-0.05, 0) is 36.5 Å². The molecule has 1 atom stereocenters. The summed E-state index contributed by atoms with van der Waals surface area (Å²) in [5.41, 5.74) is 6.25. The van der Waals surface area contributed by atoms with Crippen LogP contribution in [0.15, 0.2) is 24.3 Å². The van der Waals surface area contributed by atoms with Gasteiger partial charge in [-0.3, -0.25) is 0 Å². The molecule has 4 nitrogen and oxygen atoms in total. The van der Waals surface area contributed by atoms with Gasteiger partial charge >= 0.3 is 0 Å². The highest BCUT2D eigenvalue weighted by Crippen LogP contribution is 2.31. The monoisotopic (exact) mass is 272 g/mol. The van der Waals surface area contributed by atoms with Gasteiger partial charge in [0.1, 0.15) is 5.82 Å². The highest BCUT2D eigenvalue weighted by atomic mass is 32.2. The molecular formula is C12H17FN2O2S. The Morgan fingerprint density at radius 2 is 2.17 bits per heavy atom. The lowest BCUT2D eigenvalue weighted by Crippen LogP contribution is -2.39. The lowest BCUT2D eigenvalue weighted by Gasteiger charge is -2.12. The van der Waals surface area contributed by atoms with E-state index in [4.69, 9.17) is 5.73 Å². The number of nitrogens with two attached hydrogens (primary N) is 1. The minimum absolute atomic E-state index is 0.118. The molecule has 0 aromatic heterocycles. The number of sulfonamides is 1. The summed E-state index contributed by atoms with van der Waals surface area (Å²) in [7, 11) is -3.45. The molecule has 0 saturated heterocycles. The van der Waals surface area contributed by atoms with Crippen LogP contribution in [0.5, 0.6) is 0 Å². The zero-order valence-corrected chi connectivity index (χ0v) is 10.8. The van der Waals surface area contributed by atoms with Gasteiger partial charge < -0.3 is 5.73 Å². The van der Waals surface area contributed by atoms with Gasteiger partial charge in [-0.2, -0.15) is 0 Å². The molecule has 18 heavy (non-hydrogen) atoms. The number of rotatable bonds is 6. The Balaban J connectivity index is 1.90. The molecule has 0 amide bonds. The quantitative estimate of drug-likeness (QED) is 0.811. The normalized spacial score (nSPS) is 17.7. The molecule has 1 aromatic carbocycles. The average Bonchev–Trinajstić information content (AvgIpc) is 3.09. The van der Waals surface area contributed by atoms with E-state index in [0.29, 0.717) is 11.5 Å². The Hall–Kier alpha value is -0.980. The molecule has 1 aliphatic carbocycles. The maximum absolute atomic E-state index is 12.9. The average molecular weight is 272 g/mol. The molecule has 0 radical (unpaired) electrons. The number of halogens is 1. The summed E-state index contributed by atoms with van der Waals surface area (Å²) in [6, 6.07) is 5.47. The zero-order valence-electron chi connectivity index (χ0n) is 9.97. The summed E-state index contributed by atoms with van der Waals surface area (Å²) in [5.74, 6) is -0.207. The van der Waals surface area contributed by atoms with Crippen molar-refractivity contribution >= 4 is 10.0 Å². The molecular weight excluding hydrogens is 255 g/mol. The van der Waals surface area contributed by atoms with E-state index in [0.717, 1.165) is 12.8 Å². The minimum Gasteiger partial charge on any atom is -0.326 e.